The summed E-state index contributed by atoms with van der Waals surface area (Å²) in [6, 6.07) is 12.0. The number of amides is 1. The molecule has 136 valence electrons. The van der Waals surface area contributed by atoms with Crippen molar-refractivity contribution in [2.45, 2.75) is 18.2 Å². The Morgan fingerprint density at radius 1 is 1.19 bits per heavy atom. The molecule has 0 aliphatic carbocycles. The molecule has 0 aliphatic heterocycles. The minimum atomic E-state index is -3.76. The molecule has 2 N–H and O–H groups in total. The molecule has 1 aromatic heterocycles. The van der Waals surface area contributed by atoms with Crippen molar-refractivity contribution in [3.8, 4) is 0 Å². The number of sulfonamides is 1. The summed E-state index contributed by atoms with van der Waals surface area (Å²) in [4.78, 5) is 16.4. The summed E-state index contributed by atoms with van der Waals surface area (Å²) in [7, 11) is -3.76. The third kappa shape index (κ3) is 4.21. The first-order valence-electron chi connectivity index (χ1n) is 7.77. The lowest BCUT2D eigenvalue weighted by molar-refractivity contribution is -0.116. The molecule has 0 spiro atoms. The smallest absolute Gasteiger partial charge is 0.242 e. The predicted octanol–water partition coefficient (Wildman–Crippen LogP) is 3.57. The summed E-state index contributed by atoms with van der Waals surface area (Å²) in [5.41, 5.74) is 1.89. The van der Waals surface area contributed by atoms with Gasteiger partial charge in [-0.3, -0.25) is 4.79 Å². The molecule has 2 aromatic carbocycles. The maximum Gasteiger partial charge on any atom is 0.242 e. The fourth-order valence-electron chi connectivity index (χ4n) is 2.36. The Morgan fingerprint density at radius 3 is 2.69 bits per heavy atom. The van der Waals surface area contributed by atoms with E-state index in [1.807, 2.05) is 25.1 Å². The van der Waals surface area contributed by atoms with Gasteiger partial charge in [-0.15, -0.1) is 0 Å². The number of aryl methyl sites for hydroxylation is 1. The van der Waals surface area contributed by atoms with Gasteiger partial charge < -0.3 is 5.32 Å². The van der Waals surface area contributed by atoms with E-state index < -0.39 is 10.0 Å². The number of nitrogens with zero attached hydrogens (tertiary/aromatic N) is 1. The highest BCUT2D eigenvalue weighted by Gasteiger charge is 2.17. The molecular weight excluding hydrogens is 394 g/mol. The first-order valence-corrected chi connectivity index (χ1v) is 10.4. The van der Waals surface area contributed by atoms with Crippen LogP contribution in [0.3, 0.4) is 0 Å². The van der Waals surface area contributed by atoms with E-state index >= 15 is 0 Å². The van der Waals surface area contributed by atoms with Gasteiger partial charge in [-0.1, -0.05) is 47.2 Å². The van der Waals surface area contributed by atoms with Crippen LogP contribution in [-0.2, 0) is 14.8 Å². The molecule has 0 fully saturated rings. The number of fused-ring (bicyclic) bond motifs is 1. The van der Waals surface area contributed by atoms with Crippen molar-refractivity contribution in [1.29, 1.82) is 0 Å². The molecular formula is C17H16ClN3O3S2. The summed E-state index contributed by atoms with van der Waals surface area (Å²) in [6.45, 7) is 1.92. The van der Waals surface area contributed by atoms with E-state index in [1.54, 1.807) is 12.1 Å². The number of benzene rings is 2. The van der Waals surface area contributed by atoms with E-state index in [-0.39, 0.29) is 28.8 Å². The number of anilines is 1. The molecule has 9 heteroatoms. The van der Waals surface area contributed by atoms with Crippen molar-refractivity contribution in [2.75, 3.05) is 11.9 Å². The SMILES string of the molecule is Cc1cccc2sc(NC(=O)CCNS(=O)(=O)c3ccccc3Cl)nc12. The number of carbonyl (C=O) groups excluding carboxylic acids is 1. The zero-order valence-corrected chi connectivity index (χ0v) is 16.2. The molecule has 0 radical (unpaired) electrons. The highest BCUT2D eigenvalue weighted by atomic mass is 35.5. The Balaban J connectivity index is 1.59. The van der Waals surface area contributed by atoms with Crippen molar-refractivity contribution in [3.63, 3.8) is 0 Å². The molecule has 0 atom stereocenters. The molecule has 1 amide bonds. The highest BCUT2D eigenvalue weighted by Crippen LogP contribution is 2.27. The van der Waals surface area contributed by atoms with E-state index in [4.69, 9.17) is 11.6 Å². The molecule has 0 unspecified atom stereocenters. The second-order valence-corrected chi connectivity index (χ2v) is 8.74. The van der Waals surface area contributed by atoms with Crippen molar-refractivity contribution >= 4 is 54.2 Å². The lowest BCUT2D eigenvalue weighted by atomic mass is 10.2. The summed E-state index contributed by atoms with van der Waals surface area (Å²) in [5.74, 6) is -0.316. The average Bonchev–Trinajstić information content (AvgIpc) is 2.98. The van der Waals surface area contributed by atoms with Crippen LogP contribution < -0.4 is 10.0 Å². The van der Waals surface area contributed by atoms with Crippen LogP contribution in [0.2, 0.25) is 5.02 Å². The summed E-state index contributed by atoms with van der Waals surface area (Å²) < 4.78 is 27.8. The number of carbonyl (C=O) groups is 1. The topological polar surface area (TPSA) is 88.2 Å². The van der Waals surface area contributed by atoms with Crippen molar-refractivity contribution in [3.05, 3.63) is 53.1 Å². The van der Waals surface area contributed by atoms with E-state index in [0.29, 0.717) is 5.13 Å². The van der Waals surface area contributed by atoms with Gasteiger partial charge in [0.05, 0.1) is 15.2 Å². The molecule has 6 nitrogen and oxygen atoms in total. The Labute approximate surface area is 160 Å². The largest absolute Gasteiger partial charge is 0.302 e. The van der Waals surface area contributed by atoms with Crippen LogP contribution in [0.5, 0.6) is 0 Å². The zero-order chi connectivity index (χ0) is 18.7. The van der Waals surface area contributed by atoms with E-state index in [0.717, 1.165) is 15.8 Å². The van der Waals surface area contributed by atoms with Crippen LogP contribution in [0.15, 0.2) is 47.4 Å². The van der Waals surface area contributed by atoms with Crippen molar-refractivity contribution in [1.82, 2.24) is 9.71 Å². The number of nitrogens with one attached hydrogen (secondary N) is 2. The van der Waals surface area contributed by atoms with E-state index in [2.05, 4.69) is 15.0 Å². The normalized spacial score (nSPS) is 11.6. The lowest BCUT2D eigenvalue weighted by Crippen LogP contribution is -2.28. The first kappa shape index (κ1) is 18.8. The first-order chi connectivity index (χ1) is 12.4. The van der Waals surface area contributed by atoms with Gasteiger partial charge in [-0.2, -0.15) is 0 Å². The zero-order valence-electron chi connectivity index (χ0n) is 13.8. The molecule has 0 aliphatic rings. The Bertz CT molecular complexity index is 1060. The number of hydrogen-bond donors (Lipinski definition) is 2. The van der Waals surface area contributed by atoms with Crippen LogP contribution in [0, 0.1) is 6.92 Å². The predicted molar refractivity (Wildman–Crippen MR) is 104 cm³/mol. The van der Waals surface area contributed by atoms with Gasteiger partial charge >= 0.3 is 0 Å². The lowest BCUT2D eigenvalue weighted by Gasteiger charge is -2.07. The minimum absolute atomic E-state index is 0.0104. The van der Waals surface area contributed by atoms with Crippen LogP contribution in [0.4, 0.5) is 5.13 Å². The molecule has 0 bridgehead atoms. The standard InChI is InChI=1S/C17H16ClN3O3S2/c1-11-5-4-7-13-16(11)21-17(25-13)20-15(22)9-10-19-26(23,24)14-8-3-2-6-12(14)18/h2-8,19H,9-10H2,1H3,(H,20,21,22). The fraction of sp³-hybridized carbons (Fsp3) is 0.176. The maximum atomic E-state index is 12.2. The minimum Gasteiger partial charge on any atom is -0.302 e. The molecule has 3 aromatic rings. The number of rotatable bonds is 6. The molecule has 3 rings (SSSR count). The van der Waals surface area contributed by atoms with Crippen molar-refractivity contribution < 1.29 is 13.2 Å². The summed E-state index contributed by atoms with van der Waals surface area (Å²) in [6.07, 6.45) is -0.0153. The quantitative estimate of drug-likeness (QED) is 0.651. The highest BCUT2D eigenvalue weighted by molar-refractivity contribution is 7.89. The monoisotopic (exact) mass is 409 g/mol. The van der Waals surface area contributed by atoms with Crippen LogP contribution in [-0.4, -0.2) is 25.9 Å². The number of thiazole rings is 1. The fourth-order valence-corrected chi connectivity index (χ4v) is 4.87. The van der Waals surface area contributed by atoms with Gasteiger partial charge in [0, 0.05) is 13.0 Å². The third-order valence-corrected chi connectivity index (χ3v) is 6.53. The third-order valence-electron chi connectivity index (χ3n) is 3.64. The molecule has 1 heterocycles. The molecule has 0 saturated carbocycles. The van der Waals surface area contributed by atoms with Crippen LogP contribution in [0.1, 0.15) is 12.0 Å². The Hall–Kier alpha value is -2.00. The van der Waals surface area contributed by atoms with Gasteiger partial charge in [0.25, 0.3) is 0 Å². The van der Waals surface area contributed by atoms with Crippen LogP contribution in [0.25, 0.3) is 10.2 Å². The maximum absolute atomic E-state index is 12.2. The second-order valence-electron chi connectivity index (χ2n) is 5.57. The van der Waals surface area contributed by atoms with Gasteiger partial charge in [0.1, 0.15) is 4.90 Å². The second kappa shape index (κ2) is 7.71. The molecule has 0 saturated heterocycles. The number of aromatic nitrogens is 1. The van der Waals surface area contributed by atoms with E-state index in [1.165, 1.54) is 23.5 Å². The molecule has 26 heavy (non-hydrogen) atoms. The summed E-state index contributed by atoms with van der Waals surface area (Å²) in [5, 5.41) is 3.33. The van der Waals surface area contributed by atoms with Crippen LogP contribution >= 0.6 is 22.9 Å². The van der Waals surface area contributed by atoms with Gasteiger partial charge in [-0.05, 0) is 30.7 Å². The Morgan fingerprint density at radius 2 is 1.96 bits per heavy atom. The Kier molecular flexibility index (Phi) is 5.57. The number of halogens is 1. The van der Waals surface area contributed by atoms with Gasteiger partial charge in [0.2, 0.25) is 15.9 Å². The van der Waals surface area contributed by atoms with Gasteiger partial charge in [0.15, 0.2) is 5.13 Å². The van der Waals surface area contributed by atoms with Gasteiger partial charge in [-0.25, -0.2) is 18.1 Å². The number of hydrogen-bond acceptors (Lipinski definition) is 5. The van der Waals surface area contributed by atoms with Crippen molar-refractivity contribution in [2.24, 2.45) is 0 Å². The summed E-state index contributed by atoms with van der Waals surface area (Å²) >= 11 is 7.28. The average molecular weight is 410 g/mol. The van der Waals surface area contributed by atoms with E-state index in [9.17, 15) is 13.2 Å². The number of para-hydroxylation sites is 1.